The summed E-state index contributed by atoms with van der Waals surface area (Å²) in [5.74, 6) is -0.854. The zero-order chi connectivity index (χ0) is 15.4. The van der Waals surface area contributed by atoms with Crippen molar-refractivity contribution in [3.8, 4) is 0 Å². The van der Waals surface area contributed by atoms with Crippen molar-refractivity contribution in [1.29, 1.82) is 0 Å². The Labute approximate surface area is 133 Å². The largest absolute Gasteiger partial charge is 0.481 e. The van der Waals surface area contributed by atoms with Gasteiger partial charge < -0.3 is 14.9 Å². The van der Waals surface area contributed by atoms with Gasteiger partial charge >= 0.3 is 12.0 Å². The van der Waals surface area contributed by atoms with E-state index in [1.54, 1.807) is 16.8 Å². The topological polar surface area (TPSA) is 60.9 Å². The maximum absolute atomic E-state index is 12.5. The van der Waals surface area contributed by atoms with E-state index >= 15 is 0 Å². The molecule has 7 heteroatoms. The highest BCUT2D eigenvalue weighted by atomic mass is 35.5. The monoisotopic (exact) mass is 330 g/mol. The highest BCUT2D eigenvalue weighted by molar-refractivity contribution is 7.16. The number of nitrogens with zero attached hydrogens (tertiary/aromatic N) is 2. The first-order chi connectivity index (χ1) is 9.97. The molecule has 1 unspecified atom stereocenters. The first-order valence-corrected chi connectivity index (χ1v) is 8.14. The number of amides is 2. The molecule has 2 rings (SSSR count). The van der Waals surface area contributed by atoms with Gasteiger partial charge in [0.25, 0.3) is 0 Å². The van der Waals surface area contributed by atoms with Crippen LogP contribution in [0.15, 0.2) is 12.1 Å². The van der Waals surface area contributed by atoms with Gasteiger partial charge in [0.1, 0.15) is 0 Å². The molecule has 2 amide bonds. The first kappa shape index (κ1) is 16.1. The molecule has 0 radical (unpaired) electrons. The number of carboxylic acids is 1. The lowest BCUT2D eigenvalue weighted by Crippen LogP contribution is -2.49. The van der Waals surface area contributed by atoms with Crippen LogP contribution in [0.4, 0.5) is 4.79 Å². The van der Waals surface area contributed by atoms with Crippen LogP contribution >= 0.6 is 22.9 Å². The van der Waals surface area contributed by atoms with Gasteiger partial charge in [0.05, 0.1) is 17.3 Å². The van der Waals surface area contributed by atoms with E-state index in [0.29, 0.717) is 17.4 Å². The highest BCUT2D eigenvalue weighted by Crippen LogP contribution is 2.24. The predicted octanol–water partition coefficient (Wildman–Crippen LogP) is 3.28. The molecule has 1 atom stereocenters. The van der Waals surface area contributed by atoms with Gasteiger partial charge in [-0.25, -0.2) is 4.79 Å². The minimum atomic E-state index is -0.854. The molecule has 1 fully saturated rings. The summed E-state index contributed by atoms with van der Waals surface area (Å²) in [5.41, 5.74) is 0. The van der Waals surface area contributed by atoms with Gasteiger partial charge in [0.15, 0.2) is 0 Å². The number of hydrogen-bond donors (Lipinski definition) is 1. The molecule has 1 aromatic heterocycles. The van der Waals surface area contributed by atoms with E-state index in [1.165, 1.54) is 11.3 Å². The van der Waals surface area contributed by atoms with Crippen molar-refractivity contribution in [3.05, 3.63) is 21.3 Å². The Morgan fingerprint density at radius 3 is 2.86 bits per heavy atom. The summed E-state index contributed by atoms with van der Waals surface area (Å²) in [7, 11) is 1.74. The van der Waals surface area contributed by atoms with E-state index in [9.17, 15) is 9.59 Å². The van der Waals surface area contributed by atoms with Gasteiger partial charge in [-0.1, -0.05) is 11.6 Å². The van der Waals surface area contributed by atoms with E-state index in [-0.39, 0.29) is 18.5 Å². The van der Waals surface area contributed by atoms with Crippen molar-refractivity contribution in [2.75, 3.05) is 13.6 Å². The Morgan fingerprint density at radius 2 is 2.24 bits per heavy atom. The summed E-state index contributed by atoms with van der Waals surface area (Å²) in [6, 6.07) is 3.42. The predicted molar refractivity (Wildman–Crippen MR) is 82.8 cm³/mol. The lowest BCUT2D eigenvalue weighted by molar-refractivity contribution is -0.138. The second-order valence-electron chi connectivity index (χ2n) is 5.29. The van der Waals surface area contributed by atoms with Gasteiger partial charge in [-0.15, -0.1) is 11.3 Å². The van der Waals surface area contributed by atoms with Crippen molar-refractivity contribution < 1.29 is 14.7 Å². The molecule has 116 valence electrons. The van der Waals surface area contributed by atoms with Crippen LogP contribution in [-0.2, 0) is 11.3 Å². The number of thiophene rings is 1. The maximum Gasteiger partial charge on any atom is 0.320 e. The molecule has 0 saturated carbocycles. The fourth-order valence-corrected chi connectivity index (χ4v) is 3.76. The molecular weight excluding hydrogens is 312 g/mol. The molecule has 2 heterocycles. The Kier molecular flexibility index (Phi) is 5.47. The smallest absolute Gasteiger partial charge is 0.320 e. The van der Waals surface area contributed by atoms with Gasteiger partial charge in [0.2, 0.25) is 0 Å². The molecule has 21 heavy (non-hydrogen) atoms. The van der Waals surface area contributed by atoms with Crippen molar-refractivity contribution in [2.24, 2.45) is 0 Å². The summed E-state index contributed by atoms with van der Waals surface area (Å²) in [6.45, 7) is 1.12. The number of piperidine rings is 1. The van der Waals surface area contributed by atoms with Crippen LogP contribution in [0.1, 0.15) is 30.6 Å². The fraction of sp³-hybridized carbons (Fsp3) is 0.571. The molecule has 0 spiro atoms. The van der Waals surface area contributed by atoms with Gasteiger partial charge in [-0.05, 0) is 31.4 Å². The van der Waals surface area contributed by atoms with Crippen LogP contribution in [0.3, 0.4) is 0 Å². The minimum absolute atomic E-state index is 0.0183. The van der Waals surface area contributed by atoms with Crippen LogP contribution in [0.5, 0.6) is 0 Å². The van der Waals surface area contributed by atoms with Crippen LogP contribution < -0.4 is 0 Å². The van der Waals surface area contributed by atoms with Crippen LogP contribution in [0.2, 0.25) is 4.34 Å². The lowest BCUT2D eigenvalue weighted by atomic mass is 10.00. The van der Waals surface area contributed by atoms with E-state index in [4.69, 9.17) is 16.7 Å². The molecule has 5 nitrogen and oxygen atoms in total. The van der Waals surface area contributed by atoms with Gasteiger partial charge in [-0.2, -0.15) is 0 Å². The summed E-state index contributed by atoms with van der Waals surface area (Å²) < 4.78 is 0.701. The summed E-state index contributed by atoms with van der Waals surface area (Å²) in [4.78, 5) is 27.8. The Balaban J connectivity index is 2.00. The summed E-state index contributed by atoms with van der Waals surface area (Å²) in [6.07, 6.45) is 2.69. The number of carbonyl (C=O) groups is 2. The quantitative estimate of drug-likeness (QED) is 0.921. The molecule has 1 aliphatic rings. The number of carbonyl (C=O) groups excluding carboxylic acids is 1. The fourth-order valence-electron chi connectivity index (χ4n) is 2.62. The summed E-state index contributed by atoms with van der Waals surface area (Å²) >= 11 is 7.34. The zero-order valence-electron chi connectivity index (χ0n) is 11.9. The van der Waals surface area contributed by atoms with Crippen molar-refractivity contribution >= 4 is 34.9 Å². The third-order valence-corrected chi connectivity index (χ3v) is 4.85. The Bertz CT molecular complexity index is 520. The SMILES string of the molecule is CN(Cc1ccc(Cl)s1)C(=O)N1CCCCC1CC(=O)O. The number of likely N-dealkylation sites (tertiary alicyclic amines) is 1. The maximum atomic E-state index is 12.5. The number of halogens is 1. The molecule has 0 aliphatic carbocycles. The number of urea groups is 1. The normalized spacial score (nSPS) is 18.6. The van der Waals surface area contributed by atoms with Gasteiger partial charge in [0, 0.05) is 24.5 Å². The minimum Gasteiger partial charge on any atom is -0.481 e. The van der Waals surface area contributed by atoms with Crippen molar-refractivity contribution in [1.82, 2.24) is 9.80 Å². The lowest BCUT2D eigenvalue weighted by Gasteiger charge is -2.37. The van der Waals surface area contributed by atoms with E-state index in [0.717, 1.165) is 24.1 Å². The standard InChI is InChI=1S/C14H19ClN2O3S/c1-16(9-11-5-6-12(15)21-11)14(20)17-7-3-2-4-10(17)8-13(18)19/h5-6,10H,2-4,7-9H2,1H3,(H,18,19). The summed E-state index contributed by atoms with van der Waals surface area (Å²) in [5, 5.41) is 8.98. The number of carboxylic acid groups (broad SMARTS) is 1. The molecule has 0 bridgehead atoms. The van der Waals surface area contributed by atoms with Gasteiger partial charge in [-0.3, -0.25) is 4.79 Å². The number of hydrogen-bond acceptors (Lipinski definition) is 3. The van der Waals surface area contributed by atoms with Crippen LogP contribution in [-0.4, -0.2) is 46.5 Å². The van der Waals surface area contributed by atoms with E-state index in [2.05, 4.69) is 0 Å². The third kappa shape index (κ3) is 4.35. The third-order valence-electron chi connectivity index (χ3n) is 3.63. The van der Waals surface area contributed by atoms with E-state index in [1.807, 2.05) is 12.1 Å². The molecule has 0 aromatic carbocycles. The average Bonchev–Trinajstić information content (AvgIpc) is 2.83. The van der Waals surface area contributed by atoms with E-state index < -0.39 is 5.97 Å². The highest BCUT2D eigenvalue weighted by Gasteiger charge is 2.30. The van der Waals surface area contributed by atoms with Crippen molar-refractivity contribution in [2.45, 2.75) is 38.3 Å². The first-order valence-electron chi connectivity index (χ1n) is 6.95. The Hall–Kier alpha value is -1.27. The number of rotatable bonds is 4. The second kappa shape index (κ2) is 7.13. The average molecular weight is 331 g/mol. The molecular formula is C14H19ClN2O3S. The molecule has 1 N–H and O–H groups in total. The van der Waals surface area contributed by atoms with Crippen LogP contribution in [0, 0.1) is 0 Å². The molecule has 1 aromatic rings. The number of aliphatic carboxylic acids is 1. The Morgan fingerprint density at radius 1 is 1.48 bits per heavy atom. The van der Waals surface area contributed by atoms with Crippen molar-refractivity contribution in [3.63, 3.8) is 0 Å². The zero-order valence-corrected chi connectivity index (χ0v) is 13.5. The molecule has 1 saturated heterocycles. The molecule has 1 aliphatic heterocycles. The van der Waals surface area contributed by atoms with Crippen LogP contribution in [0.25, 0.3) is 0 Å². The second-order valence-corrected chi connectivity index (χ2v) is 7.08.